The van der Waals surface area contributed by atoms with Crippen molar-refractivity contribution in [1.82, 2.24) is 29.6 Å². The number of nitrogens with zero attached hydrogens (tertiary/aromatic N) is 6. The van der Waals surface area contributed by atoms with E-state index in [2.05, 4.69) is 46.7 Å². The van der Waals surface area contributed by atoms with Gasteiger partial charge in [-0.05, 0) is 42.0 Å². The Bertz CT molecular complexity index is 1160. The summed E-state index contributed by atoms with van der Waals surface area (Å²) in [4.78, 5) is 13.2. The van der Waals surface area contributed by atoms with Gasteiger partial charge in [-0.25, -0.2) is 4.68 Å². The van der Waals surface area contributed by atoms with Crippen molar-refractivity contribution in [1.29, 1.82) is 0 Å². The fourth-order valence-corrected chi connectivity index (χ4v) is 3.87. The third-order valence-electron chi connectivity index (χ3n) is 4.67. The van der Waals surface area contributed by atoms with Gasteiger partial charge in [0.1, 0.15) is 0 Å². The van der Waals surface area contributed by atoms with Crippen LogP contribution in [0.25, 0.3) is 11.4 Å². The SMILES string of the molecule is Cc1ccc(CSc2nnnn2-c2c(C)n(C)n(-c3ccccc3)c2=O)cc1. The first-order valence-electron chi connectivity index (χ1n) is 8.87. The molecule has 0 spiro atoms. The Hall–Kier alpha value is -3.13. The van der Waals surface area contributed by atoms with E-state index in [0.29, 0.717) is 10.8 Å². The second-order valence-electron chi connectivity index (χ2n) is 6.56. The van der Waals surface area contributed by atoms with Crippen molar-refractivity contribution in [2.75, 3.05) is 0 Å². The molecule has 0 saturated carbocycles. The molecule has 142 valence electrons. The minimum atomic E-state index is -0.157. The Morgan fingerprint density at radius 1 is 1.00 bits per heavy atom. The lowest BCUT2D eigenvalue weighted by Crippen LogP contribution is -2.22. The van der Waals surface area contributed by atoms with E-state index in [1.54, 1.807) is 4.68 Å². The van der Waals surface area contributed by atoms with Crippen molar-refractivity contribution in [3.05, 3.63) is 81.8 Å². The smallest absolute Gasteiger partial charge is 0.283 e. The van der Waals surface area contributed by atoms with E-state index in [-0.39, 0.29) is 5.56 Å². The van der Waals surface area contributed by atoms with E-state index in [0.717, 1.165) is 17.1 Å². The van der Waals surface area contributed by atoms with Crippen molar-refractivity contribution < 1.29 is 0 Å². The highest BCUT2D eigenvalue weighted by Crippen LogP contribution is 2.23. The highest BCUT2D eigenvalue weighted by molar-refractivity contribution is 7.98. The Kier molecular flexibility index (Phi) is 4.87. The summed E-state index contributed by atoms with van der Waals surface area (Å²) in [5.41, 5.74) is 4.29. The molecule has 0 unspecified atom stereocenters. The van der Waals surface area contributed by atoms with Crippen molar-refractivity contribution in [2.45, 2.75) is 24.8 Å². The minimum Gasteiger partial charge on any atom is -0.283 e. The lowest BCUT2D eigenvalue weighted by molar-refractivity contribution is 0.630. The number of hydrogen-bond acceptors (Lipinski definition) is 5. The molecule has 0 radical (unpaired) electrons. The van der Waals surface area contributed by atoms with Gasteiger partial charge in [0.15, 0.2) is 5.69 Å². The fraction of sp³-hybridized carbons (Fsp3) is 0.200. The molecule has 0 fully saturated rings. The van der Waals surface area contributed by atoms with Crippen LogP contribution in [0, 0.1) is 13.8 Å². The number of tetrazole rings is 1. The summed E-state index contributed by atoms with van der Waals surface area (Å²) < 4.78 is 4.99. The number of para-hydroxylation sites is 1. The zero-order valence-electron chi connectivity index (χ0n) is 15.9. The van der Waals surface area contributed by atoms with Gasteiger partial charge < -0.3 is 0 Å². The topological polar surface area (TPSA) is 70.5 Å². The van der Waals surface area contributed by atoms with Crippen LogP contribution in [-0.4, -0.2) is 29.6 Å². The first kappa shape index (κ1) is 18.2. The Labute approximate surface area is 166 Å². The first-order chi connectivity index (χ1) is 13.6. The van der Waals surface area contributed by atoms with Crippen LogP contribution in [0.5, 0.6) is 0 Å². The van der Waals surface area contributed by atoms with E-state index < -0.39 is 0 Å². The maximum atomic E-state index is 13.2. The van der Waals surface area contributed by atoms with Crippen LogP contribution >= 0.6 is 11.8 Å². The van der Waals surface area contributed by atoms with Gasteiger partial charge >= 0.3 is 0 Å². The van der Waals surface area contributed by atoms with E-state index >= 15 is 0 Å². The molecule has 0 saturated heterocycles. The summed E-state index contributed by atoms with van der Waals surface area (Å²) in [6.07, 6.45) is 0. The molecule has 0 aliphatic carbocycles. The zero-order chi connectivity index (χ0) is 19.7. The summed E-state index contributed by atoms with van der Waals surface area (Å²) in [5.74, 6) is 0.722. The van der Waals surface area contributed by atoms with Gasteiger partial charge in [-0.3, -0.25) is 9.48 Å². The van der Waals surface area contributed by atoms with Crippen LogP contribution in [-0.2, 0) is 12.8 Å². The Morgan fingerprint density at radius 2 is 1.71 bits per heavy atom. The van der Waals surface area contributed by atoms with Crippen LogP contribution in [0.15, 0.2) is 64.5 Å². The summed E-state index contributed by atoms with van der Waals surface area (Å²) in [5, 5.41) is 12.6. The third kappa shape index (κ3) is 3.27. The second-order valence-corrected chi connectivity index (χ2v) is 7.50. The van der Waals surface area contributed by atoms with E-state index in [1.165, 1.54) is 27.6 Å². The Balaban J connectivity index is 1.70. The van der Waals surface area contributed by atoms with Crippen LogP contribution in [0.3, 0.4) is 0 Å². The number of aryl methyl sites for hydroxylation is 1. The van der Waals surface area contributed by atoms with Crippen molar-refractivity contribution in [3.8, 4) is 11.4 Å². The number of benzene rings is 2. The van der Waals surface area contributed by atoms with E-state index in [4.69, 9.17) is 0 Å². The lowest BCUT2D eigenvalue weighted by atomic mass is 10.2. The molecule has 4 aromatic rings. The summed E-state index contributed by atoms with van der Waals surface area (Å²) in [7, 11) is 1.86. The zero-order valence-corrected chi connectivity index (χ0v) is 16.7. The molecule has 28 heavy (non-hydrogen) atoms. The molecule has 0 N–H and O–H groups in total. The summed E-state index contributed by atoms with van der Waals surface area (Å²) >= 11 is 1.51. The van der Waals surface area contributed by atoms with Crippen LogP contribution in [0.2, 0.25) is 0 Å². The molecule has 0 aliphatic rings. The molecule has 0 amide bonds. The molecule has 4 rings (SSSR count). The maximum absolute atomic E-state index is 13.2. The summed E-state index contributed by atoms with van der Waals surface area (Å²) in [6.45, 7) is 3.96. The lowest BCUT2D eigenvalue weighted by Gasteiger charge is -2.07. The molecule has 2 aromatic heterocycles. The molecular weight excluding hydrogens is 372 g/mol. The minimum absolute atomic E-state index is 0.157. The predicted octanol–water partition coefficient (Wildman–Crippen LogP) is 3.06. The molecule has 7 nitrogen and oxygen atoms in total. The average molecular weight is 392 g/mol. The Morgan fingerprint density at radius 3 is 2.43 bits per heavy atom. The first-order valence-corrected chi connectivity index (χ1v) is 9.86. The fourth-order valence-electron chi connectivity index (χ4n) is 3.04. The monoisotopic (exact) mass is 392 g/mol. The van der Waals surface area contributed by atoms with Crippen LogP contribution in [0.1, 0.15) is 16.8 Å². The van der Waals surface area contributed by atoms with E-state index in [1.807, 2.05) is 49.0 Å². The van der Waals surface area contributed by atoms with Gasteiger partial charge in [0, 0.05) is 12.8 Å². The molecule has 8 heteroatoms. The number of thioether (sulfide) groups is 1. The quantitative estimate of drug-likeness (QED) is 0.488. The number of rotatable bonds is 5. The molecule has 0 aliphatic heterocycles. The maximum Gasteiger partial charge on any atom is 0.297 e. The summed E-state index contributed by atoms with van der Waals surface area (Å²) in [6, 6.07) is 17.9. The molecule has 0 bridgehead atoms. The highest BCUT2D eigenvalue weighted by atomic mass is 32.2. The van der Waals surface area contributed by atoms with Gasteiger partial charge in [0.2, 0.25) is 5.16 Å². The number of aromatic nitrogens is 6. The normalized spacial score (nSPS) is 11.1. The van der Waals surface area contributed by atoms with Gasteiger partial charge in [-0.2, -0.15) is 4.68 Å². The van der Waals surface area contributed by atoms with Crippen LogP contribution in [0.4, 0.5) is 0 Å². The van der Waals surface area contributed by atoms with Gasteiger partial charge in [0.05, 0.1) is 11.4 Å². The molecule has 0 atom stereocenters. The van der Waals surface area contributed by atoms with Gasteiger partial charge in [-0.1, -0.05) is 59.8 Å². The third-order valence-corrected chi connectivity index (χ3v) is 5.66. The largest absolute Gasteiger partial charge is 0.297 e. The van der Waals surface area contributed by atoms with Crippen LogP contribution < -0.4 is 5.56 Å². The van der Waals surface area contributed by atoms with Crippen molar-refractivity contribution in [2.24, 2.45) is 7.05 Å². The highest BCUT2D eigenvalue weighted by Gasteiger charge is 2.21. The van der Waals surface area contributed by atoms with Crippen molar-refractivity contribution in [3.63, 3.8) is 0 Å². The second kappa shape index (κ2) is 7.47. The standard InChI is InChI=1S/C20H20N6OS/c1-14-9-11-16(12-10-14)13-28-20-21-22-23-25(20)18-15(2)24(3)26(19(18)27)17-7-5-4-6-8-17/h4-12H,13H2,1-3H3. The molecular formula is C20H20N6OS. The average Bonchev–Trinajstić information content (AvgIpc) is 3.24. The van der Waals surface area contributed by atoms with Gasteiger partial charge in [-0.15, -0.1) is 5.10 Å². The molecule has 2 aromatic carbocycles. The van der Waals surface area contributed by atoms with E-state index in [9.17, 15) is 4.79 Å². The number of hydrogen-bond donors (Lipinski definition) is 0. The van der Waals surface area contributed by atoms with Gasteiger partial charge in [0.25, 0.3) is 5.56 Å². The predicted molar refractivity (Wildman–Crippen MR) is 109 cm³/mol. The van der Waals surface area contributed by atoms with Crippen molar-refractivity contribution >= 4 is 11.8 Å². The molecule has 2 heterocycles.